The van der Waals surface area contributed by atoms with Crippen molar-refractivity contribution in [2.24, 2.45) is 0 Å². The van der Waals surface area contributed by atoms with Gasteiger partial charge in [-0.2, -0.15) is 0 Å². The van der Waals surface area contributed by atoms with Gasteiger partial charge in [-0.15, -0.1) is 4.24 Å². The number of halogens is 1. The molecule has 0 spiro atoms. The van der Waals surface area contributed by atoms with E-state index in [4.69, 9.17) is 11.8 Å². The van der Waals surface area contributed by atoms with Crippen LogP contribution in [0.15, 0.2) is 0 Å². The summed E-state index contributed by atoms with van der Waals surface area (Å²) in [5, 5.41) is 0. The zero-order chi connectivity index (χ0) is 9.12. The molecule has 0 aliphatic heterocycles. The van der Waals surface area contributed by atoms with Crippen molar-refractivity contribution >= 4 is 29.9 Å². The quantitative estimate of drug-likeness (QED) is 0.480. The molecule has 0 radical (unpaired) electrons. The Bertz CT molecular complexity index is 219. The van der Waals surface area contributed by atoms with Crippen LogP contribution >= 0.6 is 11.8 Å². The van der Waals surface area contributed by atoms with Gasteiger partial charge in [-0.05, 0) is 17.8 Å². The Morgan fingerprint density at radius 3 is 2.08 bits per heavy atom. The Morgan fingerprint density at radius 2 is 1.83 bits per heavy atom. The maximum absolute atomic E-state index is 10.8. The van der Waals surface area contributed by atoms with Gasteiger partial charge in [-0.1, -0.05) is 19.6 Å². The largest absolute Gasteiger partial charge is 1.00 e. The second-order valence-electron chi connectivity index (χ2n) is 3.71. The van der Waals surface area contributed by atoms with Crippen LogP contribution in [0, 0.1) is 0 Å². The van der Waals surface area contributed by atoms with E-state index in [1.54, 1.807) is 4.24 Å². The Hall–Kier alpha value is 1.42. The Morgan fingerprint density at radius 1 is 1.42 bits per heavy atom. The Balaban J connectivity index is -0.000000500. The third-order valence-electron chi connectivity index (χ3n) is 1.24. The molecule has 0 aliphatic rings. The average Bonchev–Trinajstić information content (AvgIpc) is 1.83. The minimum atomic E-state index is -3.20. The van der Waals surface area contributed by atoms with E-state index in [0.717, 1.165) is 6.04 Å². The van der Waals surface area contributed by atoms with Crippen molar-refractivity contribution in [3.63, 3.8) is 0 Å². The van der Waals surface area contributed by atoms with Crippen molar-refractivity contribution in [2.75, 3.05) is 5.75 Å². The van der Waals surface area contributed by atoms with Gasteiger partial charge in [0.1, 0.15) is 0 Å². The van der Waals surface area contributed by atoms with E-state index in [1.807, 2.05) is 0 Å². The average molecular weight is 240 g/mol. The molecule has 0 fully saturated rings. The number of hydrogen-bond acceptors (Lipinski definition) is 2. The van der Waals surface area contributed by atoms with Crippen LogP contribution < -0.4 is 33.8 Å². The minimum absolute atomic E-state index is 0. The summed E-state index contributed by atoms with van der Waals surface area (Å²) in [6, 6.07) is 0.745. The molecular formula is C5H15ClNNaO2SSi. The summed E-state index contributed by atoms with van der Waals surface area (Å²) < 4.78 is 23.4. The summed E-state index contributed by atoms with van der Waals surface area (Å²) in [4.78, 5) is 0. The van der Waals surface area contributed by atoms with Crippen LogP contribution in [0.1, 0.15) is 1.43 Å². The van der Waals surface area contributed by atoms with Crippen LogP contribution in [0.3, 0.4) is 0 Å². The van der Waals surface area contributed by atoms with Crippen LogP contribution in [-0.2, 0) is 10.0 Å². The normalized spacial score (nSPS) is 12.3. The number of sulfonamides is 1. The van der Waals surface area contributed by atoms with Gasteiger partial charge in [0.15, 0.2) is 0 Å². The van der Waals surface area contributed by atoms with E-state index in [1.165, 1.54) is 0 Å². The van der Waals surface area contributed by atoms with Gasteiger partial charge in [-0.3, -0.25) is 0 Å². The molecule has 0 aromatic rings. The fourth-order valence-electron chi connectivity index (χ4n) is 0.479. The van der Waals surface area contributed by atoms with Gasteiger partial charge in [0.25, 0.3) is 0 Å². The fourth-order valence-corrected chi connectivity index (χ4v) is 4.31. The molecule has 3 nitrogen and oxygen atoms in total. The summed E-state index contributed by atoms with van der Waals surface area (Å²) in [6.07, 6.45) is 0. The molecule has 12 heavy (non-hydrogen) atoms. The predicted molar refractivity (Wildman–Crippen MR) is 52.0 cm³/mol. The molecule has 0 amide bonds. The van der Waals surface area contributed by atoms with Crippen LogP contribution in [0.5, 0.6) is 0 Å². The maximum atomic E-state index is 10.8. The van der Waals surface area contributed by atoms with Gasteiger partial charge in [0.05, 0.1) is 5.75 Å². The number of nitrogens with one attached hydrogen (secondary N) is 1. The van der Waals surface area contributed by atoms with E-state index < -0.39 is 18.1 Å². The van der Waals surface area contributed by atoms with Crippen LogP contribution in [0.25, 0.3) is 0 Å². The SMILES string of the molecule is C[Si](C)(C)CCS(=O)(=O)NCl.[H-].[Na+]. The molecule has 0 saturated carbocycles. The van der Waals surface area contributed by atoms with Gasteiger partial charge in [0, 0.05) is 8.07 Å². The first-order chi connectivity index (χ1) is 4.77. The van der Waals surface area contributed by atoms with E-state index >= 15 is 0 Å². The summed E-state index contributed by atoms with van der Waals surface area (Å²) in [7, 11) is -4.46. The molecule has 0 aliphatic carbocycles. The van der Waals surface area contributed by atoms with Gasteiger partial charge >= 0.3 is 29.6 Å². The minimum Gasteiger partial charge on any atom is -1.00 e. The number of rotatable bonds is 4. The standard InChI is InChI=1S/C5H14ClNO2SSi.Na.H/c1-11(2,3)5-4-10(8,9)7-6;;/h7H,4-5H2,1-3H3;;/q;+1;-1. The van der Waals surface area contributed by atoms with Crippen molar-refractivity contribution in [2.45, 2.75) is 25.7 Å². The van der Waals surface area contributed by atoms with Crippen molar-refractivity contribution in [1.29, 1.82) is 0 Å². The van der Waals surface area contributed by atoms with Crippen molar-refractivity contribution in [3.8, 4) is 0 Å². The molecule has 0 unspecified atom stereocenters. The summed E-state index contributed by atoms with van der Waals surface area (Å²) in [5.41, 5.74) is 0. The van der Waals surface area contributed by atoms with E-state index in [2.05, 4.69) is 19.6 Å². The second kappa shape index (κ2) is 6.01. The van der Waals surface area contributed by atoms with Gasteiger partial charge in [-0.25, -0.2) is 8.42 Å². The van der Waals surface area contributed by atoms with Crippen LogP contribution in [0.4, 0.5) is 0 Å². The number of hydrogen-bond donors (Lipinski definition) is 1. The second-order valence-corrected chi connectivity index (χ2v) is 11.6. The van der Waals surface area contributed by atoms with Crippen LogP contribution in [0.2, 0.25) is 25.7 Å². The van der Waals surface area contributed by atoms with Gasteiger partial charge in [0.2, 0.25) is 10.0 Å². The predicted octanol–water partition coefficient (Wildman–Crippen LogP) is -1.49. The third-order valence-corrected chi connectivity index (χ3v) is 5.03. The van der Waals surface area contributed by atoms with Crippen molar-refractivity contribution < 1.29 is 39.4 Å². The molecular weight excluding hydrogens is 225 g/mol. The van der Waals surface area contributed by atoms with Crippen molar-refractivity contribution in [3.05, 3.63) is 0 Å². The molecule has 0 bridgehead atoms. The monoisotopic (exact) mass is 239 g/mol. The zero-order valence-corrected chi connectivity index (χ0v) is 12.6. The van der Waals surface area contributed by atoms with Gasteiger partial charge < -0.3 is 1.43 Å². The molecule has 1 N–H and O–H groups in total. The van der Waals surface area contributed by atoms with E-state index in [-0.39, 0.29) is 36.7 Å². The first-order valence-electron chi connectivity index (χ1n) is 3.37. The van der Waals surface area contributed by atoms with Crippen LogP contribution in [-0.4, -0.2) is 22.2 Å². The Labute approximate surface area is 104 Å². The molecule has 0 rings (SSSR count). The summed E-state index contributed by atoms with van der Waals surface area (Å²) in [5.74, 6) is 0.145. The summed E-state index contributed by atoms with van der Waals surface area (Å²) in [6.45, 7) is 6.37. The smallest absolute Gasteiger partial charge is 1.00 e. The fraction of sp³-hybridized carbons (Fsp3) is 1.00. The molecule has 70 valence electrons. The van der Waals surface area contributed by atoms with E-state index in [0.29, 0.717) is 0 Å². The Kier molecular flexibility index (Phi) is 7.94. The molecule has 0 aromatic carbocycles. The first-order valence-corrected chi connectivity index (χ1v) is 9.11. The van der Waals surface area contributed by atoms with E-state index in [9.17, 15) is 8.42 Å². The summed E-state index contributed by atoms with van der Waals surface area (Å²) >= 11 is 5.00. The molecule has 0 saturated heterocycles. The molecule has 0 heterocycles. The first kappa shape index (κ1) is 15.9. The maximum Gasteiger partial charge on any atom is 1.00 e. The zero-order valence-electron chi connectivity index (χ0n) is 9.02. The molecule has 7 heteroatoms. The molecule has 0 atom stereocenters. The topological polar surface area (TPSA) is 46.2 Å². The third kappa shape index (κ3) is 9.50. The van der Waals surface area contributed by atoms with Crippen molar-refractivity contribution in [1.82, 2.24) is 4.24 Å². The molecule has 0 aromatic heterocycles.